The van der Waals surface area contributed by atoms with Crippen LogP contribution >= 0.6 is 11.6 Å². The minimum Gasteiger partial charge on any atom is -0.493 e. The number of hydrogen-bond donors (Lipinski definition) is 2. The Bertz CT molecular complexity index is 619. The van der Waals surface area contributed by atoms with Crippen LogP contribution in [-0.4, -0.2) is 36.7 Å². The number of methoxy groups -OCH3 is 1. The first-order valence-corrected chi connectivity index (χ1v) is 8.39. The van der Waals surface area contributed by atoms with E-state index in [1.54, 1.807) is 6.07 Å². The Labute approximate surface area is 146 Å². The van der Waals surface area contributed by atoms with Gasteiger partial charge in [-0.2, -0.15) is 0 Å². The number of rotatable bonds is 7. The fraction of sp³-hybridized carbons (Fsp3) is 0.529. The predicted octanol–water partition coefficient (Wildman–Crippen LogP) is 3.12. The minimum absolute atomic E-state index is 0.286. The first kappa shape index (κ1) is 18.4. The number of carboxylic acid groups (broad SMARTS) is 1. The van der Waals surface area contributed by atoms with Crippen molar-refractivity contribution in [3.8, 4) is 11.5 Å². The Morgan fingerprint density at radius 1 is 1.38 bits per heavy atom. The van der Waals surface area contributed by atoms with Gasteiger partial charge in [0.2, 0.25) is 0 Å². The molecule has 0 bridgehead atoms. The summed E-state index contributed by atoms with van der Waals surface area (Å²) in [4.78, 5) is 23.7. The van der Waals surface area contributed by atoms with Crippen molar-refractivity contribution in [3.63, 3.8) is 0 Å². The van der Waals surface area contributed by atoms with Crippen molar-refractivity contribution in [3.05, 3.63) is 22.7 Å². The second-order valence-electron chi connectivity index (χ2n) is 5.79. The summed E-state index contributed by atoms with van der Waals surface area (Å²) >= 11 is 6.21. The van der Waals surface area contributed by atoms with Crippen molar-refractivity contribution in [1.29, 1.82) is 0 Å². The predicted molar refractivity (Wildman–Crippen MR) is 90.0 cm³/mol. The van der Waals surface area contributed by atoms with Crippen LogP contribution < -0.4 is 14.8 Å². The van der Waals surface area contributed by atoms with E-state index in [0.29, 0.717) is 36.5 Å². The highest BCUT2D eigenvalue weighted by Crippen LogP contribution is 2.36. The third-order valence-corrected chi connectivity index (χ3v) is 4.37. The molecule has 0 spiro atoms. The van der Waals surface area contributed by atoms with Gasteiger partial charge in [0.15, 0.2) is 11.5 Å². The Morgan fingerprint density at radius 3 is 2.75 bits per heavy atom. The molecular weight excluding hydrogens is 334 g/mol. The molecule has 6 nitrogen and oxygen atoms in total. The number of carbonyl (C=O) groups excluding carboxylic acids is 1. The molecule has 0 unspecified atom stereocenters. The van der Waals surface area contributed by atoms with Crippen LogP contribution in [-0.2, 0) is 4.79 Å². The highest BCUT2D eigenvalue weighted by molar-refractivity contribution is 6.32. The quantitative estimate of drug-likeness (QED) is 0.785. The van der Waals surface area contributed by atoms with E-state index in [9.17, 15) is 14.7 Å². The van der Waals surface area contributed by atoms with E-state index < -0.39 is 11.9 Å². The van der Waals surface area contributed by atoms with Crippen LogP contribution in [0.4, 0.5) is 0 Å². The Balaban J connectivity index is 2.17. The van der Waals surface area contributed by atoms with Gasteiger partial charge in [0, 0.05) is 11.6 Å². The van der Waals surface area contributed by atoms with Crippen molar-refractivity contribution in [2.24, 2.45) is 5.92 Å². The van der Waals surface area contributed by atoms with Crippen molar-refractivity contribution >= 4 is 23.5 Å². The molecule has 1 aliphatic rings. The van der Waals surface area contributed by atoms with E-state index in [1.807, 2.05) is 6.92 Å². The van der Waals surface area contributed by atoms with E-state index >= 15 is 0 Å². The molecule has 0 radical (unpaired) electrons. The van der Waals surface area contributed by atoms with Gasteiger partial charge < -0.3 is 19.9 Å². The summed E-state index contributed by atoms with van der Waals surface area (Å²) in [6, 6.07) is 2.70. The summed E-state index contributed by atoms with van der Waals surface area (Å²) < 4.78 is 10.8. The van der Waals surface area contributed by atoms with Gasteiger partial charge in [-0.05, 0) is 31.4 Å². The van der Waals surface area contributed by atoms with Crippen LogP contribution in [0.5, 0.6) is 11.5 Å². The van der Waals surface area contributed by atoms with Crippen LogP contribution in [0.1, 0.15) is 43.0 Å². The molecule has 0 heterocycles. The van der Waals surface area contributed by atoms with Crippen LogP contribution in [0, 0.1) is 5.92 Å². The summed E-state index contributed by atoms with van der Waals surface area (Å²) in [6.45, 7) is 2.46. The Kier molecular flexibility index (Phi) is 6.31. The number of ether oxygens (including phenoxy) is 2. The smallest absolute Gasteiger partial charge is 0.308 e. The monoisotopic (exact) mass is 355 g/mol. The molecule has 2 N–H and O–H groups in total. The maximum atomic E-state index is 12.5. The molecular formula is C17H22ClNO5. The lowest BCUT2D eigenvalue weighted by Crippen LogP contribution is -2.40. The number of halogens is 1. The Morgan fingerprint density at radius 2 is 2.12 bits per heavy atom. The van der Waals surface area contributed by atoms with E-state index in [1.165, 1.54) is 13.2 Å². The third-order valence-electron chi connectivity index (χ3n) is 4.09. The first-order chi connectivity index (χ1) is 11.5. The molecule has 2 rings (SSSR count). The van der Waals surface area contributed by atoms with Gasteiger partial charge in [-0.1, -0.05) is 24.9 Å². The second kappa shape index (κ2) is 8.24. The zero-order chi connectivity index (χ0) is 17.7. The highest BCUT2D eigenvalue weighted by atomic mass is 35.5. The summed E-state index contributed by atoms with van der Waals surface area (Å²) in [5.74, 6) is -1.00. The van der Waals surface area contributed by atoms with Crippen molar-refractivity contribution in [2.45, 2.75) is 38.6 Å². The zero-order valence-corrected chi connectivity index (χ0v) is 14.6. The van der Waals surface area contributed by atoms with Crippen LogP contribution in [0.2, 0.25) is 5.02 Å². The average molecular weight is 356 g/mol. The topological polar surface area (TPSA) is 84.9 Å². The number of carboxylic acids is 1. The third kappa shape index (κ3) is 4.12. The number of aliphatic carboxylic acids is 1. The van der Waals surface area contributed by atoms with Gasteiger partial charge in [-0.3, -0.25) is 9.59 Å². The fourth-order valence-corrected chi connectivity index (χ4v) is 3.14. The highest BCUT2D eigenvalue weighted by Gasteiger charge is 2.34. The molecule has 2 atom stereocenters. The molecule has 0 aromatic heterocycles. The average Bonchev–Trinajstić information content (AvgIpc) is 3.01. The van der Waals surface area contributed by atoms with E-state index in [4.69, 9.17) is 21.1 Å². The number of amides is 1. The van der Waals surface area contributed by atoms with Crippen molar-refractivity contribution < 1.29 is 24.2 Å². The molecule has 24 heavy (non-hydrogen) atoms. The van der Waals surface area contributed by atoms with Crippen LogP contribution in [0.15, 0.2) is 12.1 Å². The normalized spacial score (nSPS) is 19.8. The molecule has 7 heteroatoms. The fourth-order valence-electron chi connectivity index (χ4n) is 2.88. The molecule has 1 aromatic rings. The van der Waals surface area contributed by atoms with Gasteiger partial charge >= 0.3 is 5.97 Å². The van der Waals surface area contributed by atoms with Crippen molar-refractivity contribution in [1.82, 2.24) is 5.32 Å². The first-order valence-electron chi connectivity index (χ1n) is 8.01. The molecule has 1 fully saturated rings. The largest absolute Gasteiger partial charge is 0.493 e. The van der Waals surface area contributed by atoms with Gasteiger partial charge in [-0.25, -0.2) is 0 Å². The molecule has 132 valence electrons. The van der Waals surface area contributed by atoms with E-state index in [-0.39, 0.29) is 17.0 Å². The molecule has 1 saturated carbocycles. The van der Waals surface area contributed by atoms with Gasteiger partial charge in [0.05, 0.1) is 24.7 Å². The van der Waals surface area contributed by atoms with Gasteiger partial charge in [0.1, 0.15) is 0 Å². The van der Waals surface area contributed by atoms with Gasteiger partial charge in [0.25, 0.3) is 5.91 Å². The molecule has 1 aromatic carbocycles. The number of benzene rings is 1. The zero-order valence-electron chi connectivity index (χ0n) is 13.8. The summed E-state index contributed by atoms with van der Waals surface area (Å²) in [5.41, 5.74) is 0.316. The Hall–Kier alpha value is -1.95. The van der Waals surface area contributed by atoms with E-state index in [0.717, 1.165) is 12.8 Å². The molecule has 0 aliphatic heterocycles. The lowest BCUT2D eigenvalue weighted by atomic mass is 10.0. The maximum Gasteiger partial charge on any atom is 0.308 e. The molecule has 1 amide bonds. The standard InChI is InChI=1S/C17H22ClNO5/c1-3-7-24-15-12(18)8-10(9-14(15)23-2)16(20)19-13-6-4-5-11(13)17(21)22/h8-9,11,13H,3-7H2,1-2H3,(H,19,20)(H,21,22)/t11-,13+/m0/s1. The maximum absolute atomic E-state index is 12.5. The SMILES string of the molecule is CCCOc1c(Cl)cc(C(=O)N[C@@H]2CCC[C@@H]2C(=O)O)cc1OC. The summed E-state index contributed by atoms with van der Waals surface area (Å²) in [5, 5.41) is 12.3. The lowest BCUT2D eigenvalue weighted by Gasteiger charge is -2.18. The summed E-state index contributed by atoms with van der Waals surface area (Å²) in [7, 11) is 1.48. The lowest BCUT2D eigenvalue weighted by molar-refractivity contribution is -0.142. The molecule has 0 saturated heterocycles. The van der Waals surface area contributed by atoms with E-state index in [2.05, 4.69) is 5.32 Å². The number of carbonyl (C=O) groups is 2. The minimum atomic E-state index is -0.878. The second-order valence-corrected chi connectivity index (χ2v) is 6.20. The van der Waals surface area contributed by atoms with Crippen LogP contribution in [0.25, 0.3) is 0 Å². The van der Waals surface area contributed by atoms with Crippen LogP contribution in [0.3, 0.4) is 0 Å². The number of nitrogens with one attached hydrogen (secondary N) is 1. The number of hydrogen-bond acceptors (Lipinski definition) is 4. The van der Waals surface area contributed by atoms with Gasteiger partial charge in [-0.15, -0.1) is 0 Å². The van der Waals surface area contributed by atoms with Crippen molar-refractivity contribution in [2.75, 3.05) is 13.7 Å². The summed E-state index contributed by atoms with van der Waals surface area (Å²) in [6.07, 6.45) is 2.84. The molecule has 1 aliphatic carbocycles.